The summed E-state index contributed by atoms with van der Waals surface area (Å²) in [6.45, 7) is 5.28. The van der Waals surface area contributed by atoms with Crippen molar-refractivity contribution in [3.8, 4) is 0 Å². The fourth-order valence-corrected chi connectivity index (χ4v) is 3.04. The minimum Gasteiger partial charge on any atom is -0.379 e. The van der Waals surface area contributed by atoms with Crippen molar-refractivity contribution in [2.75, 3.05) is 26.3 Å². The highest BCUT2D eigenvalue weighted by atomic mass is 19.1. The number of morpholine rings is 1. The van der Waals surface area contributed by atoms with Crippen molar-refractivity contribution in [3.63, 3.8) is 0 Å². The summed E-state index contributed by atoms with van der Waals surface area (Å²) >= 11 is 0. The van der Waals surface area contributed by atoms with Crippen molar-refractivity contribution in [1.82, 2.24) is 14.5 Å². The number of rotatable bonds is 3. The molecule has 5 nitrogen and oxygen atoms in total. The molecule has 142 valence electrons. The van der Waals surface area contributed by atoms with Crippen LogP contribution in [-0.4, -0.2) is 46.5 Å². The van der Waals surface area contributed by atoms with Gasteiger partial charge in [-0.05, 0) is 36.8 Å². The van der Waals surface area contributed by atoms with E-state index in [-0.39, 0.29) is 11.3 Å². The first-order valence-electron chi connectivity index (χ1n) is 9.00. The van der Waals surface area contributed by atoms with Gasteiger partial charge in [-0.25, -0.2) is 9.37 Å². The summed E-state index contributed by atoms with van der Waals surface area (Å²) in [4.78, 5) is 17.5. The van der Waals surface area contributed by atoms with Gasteiger partial charge in [0.05, 0.1) is 36.1 Å². The molecular weight excluding hydrogens is 345 g/mol. The number of halogens is 1. The van der Waals surface area contributed by atoms with Crippen LogP contribution in [0.25, 0.3) is 11.0 Å². The molecule has 1 fully saturated rings. The predicted octanol–water partition coefficient (Wildman–Crippen LogP) is 3.43. The van der Waals surface area contributed by atoms with Crippen LogP contribution < -0.4 is 0 Å². The van der Waals surface area contributed by atoms with Gasteiger partial charge in [-0.3, -0.25) is 9.69 Å². The van der Waals surface area contributed by atoms with Crippen molar-refractivity contribution < 1.29 is 13.9 Å². The maximum absolute atomic E-state index is 13.6. The van der Waals surface area contributed by atoms with Gasteiger partial charge in [-0.2, -0.15) is 0 Å². The van der Waals surface area contributed by atoms with E-state index in [4.69, 9.17) is 4.74 Å². The van der Waals surface area contributed by atoms with E-state index in [0.29, 0.717) is 6.54 Å². The maximum Gasteiger partial charge on any atom is 0.162 e. The van der Waals surface area contributed by atoms with Crippen molar-refractivity contribution in [2.45, 2.75) is 13.5 Å². The lowest BCUT2D eigenvalue weighted by atomic mass is 10.1. The number of hydrogen-bond donors (Lipinski definition) is 0. The molecule has 0 unspecified atom stereocenters. The summed E-state index contributed by atoms with van der Waals surface area (Å²) < 4.78 is 20.9. The van der Waals surface area contributed by atoms with Gasteiger partial charge >= 0.3 is 0 Å². The molecular formula is C21H24FN3O2. The molecule has 0 aliphatic carbocycles. The molecule has 6 heteroatoms. The average Bonchev–Trinajstić information content (AvgIpc) is 3.04. The first-order valence-corrected chi connectivity index (χ1v) is 9.00. The number of aromatic nitrogens is 2. The largest absolute Gasteiger partial charge is 0.379 e. The number of benzene rings is 2. The topological polar surface area (TPSA) is 47.4 Å². The highest BCUT2D eigenvalue weighted by molar-refractivity contribution is 5.94. The number of para-hydroxylation sites is 2. The van der Waals surface area contributed by atoms with E-state index in [1.807, 2.05) is 42.2 Å². The minimum absolute atomic E-state index is 0.163. The third-order valence-electron chi connectivity index (χ3n) is 4.55. The van der Waals surface area contributed by atoms with Crippen LogP contribution in [0.4, 0.5) is 4.39 Å². The fourth-order valence-electron chi connectivity index (χ4n) is 3.04. The Hall–Kier alpha value is -2.57. The van der Waals surface area contributed by atoms with Crippen LogP contribution in [0.3, 0.4) is 0 Å². The predicted molar refractivity (Wildman–Crippen MR) is 103 cm³/mol. The van der Waals surface area contributed by atoms with E-state index < -0.39 is 5.82 Å². The van der Waals surface area contributed by atoms with Gasteiger partial charge < -0.3 is 9.30 Å². The quantitative estimate of drug-likeness (QED) is 0.664. The second kappa shape index (κ2) is 8.88. The molecule has 4 rings (SSSR count). The Morgan fingerprint density at radius 3 is 2.59 bits per heavy atom. The first kappa shape index (κ1) is 19.2. The highest BCUT2D eigenvalue weighted by Crippen LogP contribution is 2.14. The highest BCUT2D eigenvalue weighted by Gasteiger charge is 2.13. The van der Waals surface area contributed by atoms with E-state index in [0.717, 1.165) is 37.4 Å². The molecule has 2 heterocycles. The summed E-state index contributed by atoms with van der Waals surface area (Å²) in [5, 5.41) is 0. The number of hydrogen-bond acceptors (Lipinski definition) is 4. The SMILES string of the molecule is CC(=O)c1ccc(CN2CCOCC2)cc1F.Cn1cnc2ccccc21. The van der Waals surface area contributed by atoms with Crippen molar-refractivity contribution in [2.24, 2.45) is 7.05 Å². The van der Waals surface area contributed by atoms with Crippen LogP contribution in [0.1, 0.15) is 22.8 Å². The van der Waals surface area contributed by atoms with Crippen LogP contribution >= 0.6 is 0 Å². The summed E-state index contributed by atoms with van der Waals surface area (Å²) in [5.74, 6) is -0.663. The Kier molecular flexibility index (Phi) is 6.32. The molecule has 1 aromatic heterocycles. The first-order chi connectivity index (χ1) is 13.0. The van der Waals surface area contributed by atoms with E-state index in [2.05, 4.69) is 16.0 Å². The smallest absolute Gasteiger partial charge is 0.162 e. The number of ketones is 1. The molecule has 1 aliphatic heterocycles. The maximum atomic E-state index is 13.6. The van der Waals surface area contributed by atoms with Gasteiger partial charge in [0.1, 0.15) is 5.82 Å². The van der Waals surface area contributed by atoms with Crippen molar-refractivity contribution in [1.29, 1.82) is 0 Å². The average molecular weight is 369 g/mol. The Labute approximate surface area is 158 Å². The van der Waals surface area contributed by atoms with E-state index in [1.54, 1.807) is 6.07 Å². The minimum atomic E-state index is -0.428. The van der Waals surface area contributed by atoms with Gasteiger partial charge in [0.15, 0.2) is 5.78 Å². The number of fused-ring (bicyclic) bond motifs is 1. The number of aryl methyl sites for hydroxylation is 1. The van der Waals surface area contributed by atoms with Crippen LogP contribution in [0.15, 0.2) is 48.8 Å². The van der Waals surface area contributed by atoms with Gasteiger partial charge in [-0.1, -0.05) is 18.2 Å². The number of Topliss-reactive ketones (excluding diaryl/α,β-unsaturated/α-hetero) is 1. The van der Waals surface area contributed by atoms with Crippen molar-refractivity contribution >= 4 is 16.8 Å². The molecule has 3 aromatic rings. The Bertz CT molecular complexity index is 917. The second-order valence-corrected chi connectivity index (χ2v) is 6.60. The van der Waals surface area contributed by atoms with Crippen molar-refractivity contribution in [3.05, 3.63) is 65.7 Å². The Morgan fingerprint density at radius 2 is 1.93 bits per heavy atom. The van der Waals surface area contributed by atoms with Gasteiger partial charge in [-0.15, -0.1) is 0 Å². The zero-order valence-corrected chi connectivity index (χ0v) is 15.7. The Balaban J connectivity index is 0.000000177. The Morgan fingerprint density at radius 1 is 1.19 bits per heavy atom. The van der Waals surface area contributed by atoms with E-state index >= 15 is 0 Å². The molecule has 1 saturated heterocycles. The molecule has 27 heavy (non-hydrogen) atoms. The van der Waals surface area contributed by atoms with E-state index in [9.17, 15) is 9.18 Å². The fraction of sp³-hybridized carbons (Fsp3) is 0.333. The third kappa shape index (κ3) is 4.99. The molecule has 0 radical (unpaired) electrons. The van der Waals surface area contributed by atoms with Crippen LogP contribution in [-0.2, 0) is 18.3 Å². The van der Waals surface area contributed by atoms with Gasteiger partial charge in [0, 0.05) is 26.7 Å². The summed E-state index contributed by atoms with van der Waals surface area (Å²) in [6.07, 6.45) is 1.82. The molecule has 0 N–H and O–H groups in total. The molecule has 0 bridgehead atoms. The number of nitrogens with zero attached hydrogens (tertiary/aromatic N) is 3. The lowest BCUT2D eigenvalue weighted by Crippen LogP contribution is -2.35. The van der Waals surface area contributed by atoms with Crippen LogP contribution in [0, 0.1) is 5.82 Å². The monoisotopic (exact) mass is 369 g/mol. The third-order valence-corrected chi connectivity index (χ3v) is 4.55. The number of carbonyl (C=O) groups excluding carboxylic acids is 1. The molecule has 1 aliphatic rings. The van der Waals surface area contributed by atoms with Crippen LogP contribution in [0.5, 0.6) is 0 Å². The zero-order chi connectivity index (χ0) is 19.2. The number of imidazole rings is 1. The van der Waals surface area contributed by atoms with Crippen LogP contribution in [0.2, 0.25) is 0 Å². The lowest BCUT2D eigenvalue weighted by Gasteiger charge is -2.26. The lowest BCUT2D eigenvalue weighted by molar-refractivity contribution is 0.0341. The normalized spacial score (nSPS) is 14.6. The van der Waals surface area contributed by atoms with Gasteiger partial charge in [0.25, 0.3) is 0 Å². The summed E-state index contributed by atoms with van der Waals surface area (Å²) in [7, 11) is 2.00. The molecule has 2 aromatic carbocycles. The van der Waals surface area contributed by atoms with E-state index in [1.165, 1.54) is 18.5 Å². The number of carbonyl (C=O) groups is 1. The molecule has 0 atom stereocenters. The number of ether oxygens (including phenoxy) is 1. The summed E-state index contributed by atoms with van der Waals surface area (Å²) in [5.41, 5.74) is 3.30. The zero-order valence-electron chi connectivity index (χ0n) is 15.7. The standard InChI is InChI=1S/C13H16FNO2.C8H8N2/c1-10(16)12-3-2-11(8-13(12)14)9-15-4-6-17-7-5-15;1-10-6-9-7-4-2-3-5-8(7)10/h2-3,8H,4-7,9H2,1H3;2-6H,1H3. The molecule has 0 amide bonds. The van der Waals surface area contributed by atoms with Gasteiger partial charge in [0.2, 0.25) is 0 Å². The summed E-state index contributed by atoms with van der Waals surface area (Å²) in [6, 6.07) is 12.9. The second-order valence-electron chi connectivity index (χ2n) is 6.60. The molecule has 0 spiro atoms. The molecule has 0 saturated carbocycles.